The average Bonchev–Trinajstić information content (AvgIpc) is 2.41. The van der Waals surface area contributed by atoms with Crippen LogP contribution in [-0.2, 0) is 15.7 Å². The highest BCUT2D eigenvalue weighted by molar-refractivity contribution is 5.66. The second kappa shape index (κ2) is 7.87. The Morgan fingerprint density at radius 2 is 1.90 bits per heavy atom. The Morgan fingerprint density at radius 3 is 2.38 bits per heavy atom. The van der Waals surface area contributed by atoms with E-state index in [1.165, 1.54) is 12.1 Å². The van der Waals surface area contributed by atoms with E-state index in [2.05, 4.69) is 0 Å². The average molecular weight is 306 g/mol. The predicted octanol–water partition coefficient (Wildman–Crippen LogP) is 3.35. The zero-order chi connectivity index (χ0) is 15.9. The summed E-state index contributed by atoms with van der Waals surface area (Å²) in [7, 11) is 0. The van der Waals surface area contributed by atoms with E-state index in [0.29, 0.717) is 6.61 Å². The van der Waals surface area contributed by atoms with Crippen LogP contribution in [0.5, 0.6) is 5.75 Å². The number of ether oxygens (including phenoxy) is 2. The topological polar surface area (TPSA) is 55.8 Å². The highest BCUT2D eigenvalue weighted by Crippen LogP contribution is 2.30. The van der Waals surface area contributed by atoms with E-state index in [1.54, 1.807) is 6.92 Å². The number of hydrogen-bond acceptors (Lipinski definition) is 3. The van der Waals surface area contributed by atoms with Gasteiger partial charge in [-0.05, 0) is 37.6 Å². The van der Waals surface area contributed by atoms with Crippen molar-refractivity contribution in [1.82, 2.24) is 0 Å². The molecule has 0 radical (unpaired) electrons. The van der Waals surface area contributed by atoms with Crippen molar-refractivity contribution < 1.29 is 32.5 Å². The van der Waals surface area contributed by atoms with Crippen LogP contribution < -0.4 is 4.74 Å². The maximum atomic E-state index is 12.4. The van der Waals surface area contributed by atoms with Gasteiger partial charge in [-0.25, -0.2) is 0 Å². The summed E-state index contributed by atoms with van der Waals surface area (Å²) < 4.78 is 47.8. The lowest BCUT2D eigenvalue weighted by Gasteiger charge is -2.17. The summed E-state index contributed by atoms with van der Waals surface area (Å²) in [5.41, 5.74) is -0.748. The van der Waals surface area contributed by atoms with Crippen molar-refractivity contribution >= 4 is 5.97 Å². The number of carbonyl (C=O) groups is 1. The van der Waals surface area contributed by atoms with Crippen LogP contribution in [-0.4, -0.2) is 30.4 Å². The summed E-state index contributed by atoms with van der Waals surface area (Å²) >= 11 is 0. The molecule has 0 fully saturated rings. The third-order valence-corrected chi connectivity index (χ3v) is 2.70. The standard InChI is InChI=1S/C14H17F3O4/c1-2-20-12(7-8-13(18)19)9-21-11-5-3-10(4-6-11)14(15,16)17/h3-6,12H,2,7-9H2,1H3,(H,18,19). The number of rotatable bonds is 8. The van der Waals surface area contributed by atoms with Gasteiger partial charge in [0.25, 0.3) is 0 Å². The molecule has 118 valence electrons. The largest absolute Gasteiger partial charge is 0.491 e. The molecule has 1 N–H and O–H groups in total. The van der Waals surface area contributed by atoms with Crippen molar-refractivity contribution in [3.05, 3.63) is 29.8 Å². The Bertz CT molecular complexity index is 443. The van der Waals surface area contributed by atoms with Gasteiger partial charge >= 0.3 is 12.1 Å². The first-order valence-corrected chi connectivity index (χ1v) is 6.46. The summed E-state index contributed by atoms with van der Waals surface area (Å²) in [5.74, 6) is -0.655. The van der Waals surface area contributed by atoms with Gasteiger partial charge in [0.1, 0.15) is 12.4 Å². The van der Waals surface area contributed by atoms with Crippen LogP contribution in [0.25, 0.3) is 0 Å². The molecule has 21 heavy (non-hydrogen) atoms. The van der Waals surface area contributed by atoms with Gasteiger partial charge in [-0.3, -0.25) is 4.79 Å². The molecule has 0 saturated carbocycles. The summed E-state index contributed by atoms with van der Waals surface area (Å²) in [4.78, 5) is 10.5. The molecule has 1 rings (SSSR count). The number of alkyl halides is 3. The van der Waals surface area contributed by atoms with Crippen LogP contribution in [0, 0.1) is 0 Å². The lowest BCUT2D eigenvalue weighted by molar-refractivity contribution is -0.138. The van der Waals surface area contributed by atoms with Gasteiger partial charge in [-0.2, -0.15) is 13.2 Å². The van der Waals surface area contributed by atoms with Crippen LogP contribution in [0.15, 0.2) is 24.3 Å². The lowest BCUT2D eigenvalue weighted by atomic mass is 10.2. The molecular weight excluding hydrogens is 289 g/mol. The summed E-state index contributed by atoms with van der Waals surface area (Å²) in [6, 6.07) is 4.32. The van der Waals surface area contributed by atoms with Crippen LogP contribution in [0.2, 0.25) is 0 Å². The molecular formula is C14H17F3O4. The molecule has 0 bridgehead atoms. The van der Waals surface area contributed by atoms with Gasteiger partial charge in [0, 0.05) is 13.0 Å². The maximum Gasteiger partial charge on any atom is 0.416 e. The number of aliphatic carboxylic acids is 1. The summed E-state index contributed by atoms with van der Waals surface area (Å²) in [6.07, 6.45) is -4.56. The number of halogens is 3. The monoisotopic (exact) mass is 306 g/mol. The van der Waals surface area contributed by atoms with Gasteiger partial charge in [0.2, 0.25) is 0 Å². The van der Waals surface area contributed by atoms with Crippen molar-refractivity contribution in [2.24, 2.45) is 0 Å². The minimum Gasteiger partial charge on any atom is -0.491 e. The zero-order valence-electron chi connectivity index (χ0n) is 11.5. The first-order chi connectivity index (χ1) is 9.82. The van der Waals surface area contributed by atoms with Gasteiger partial charge < -0.3 is 14.6 Å². The number of carboxylic acids is 1. The number of benzene rings is 1. The molecule has 0 aliphatic rings. The molecule has 0 aliphatic heterocycles. The molecule has 4 nitrogen and oxygen atoms in total. The molecule has 0 aliphatic carbocycles. The quantitative estimate of drug-likeness (QED) is 0.800. The van der Waals surface area contributed by atoms with Gasteiger partial charge in [0.15, 0.2) is 0 Å². The van der Waals surface area contributed by atoms with Crippen molar-refractivity contribution in [2.45, 2.75) is 32.0 Å². The fraction of sp³-hybridized carbons (Fsp3) is 0.500. The van der Waals surface area contributed by atoms with E-state index in [4.69, 9.17) is 14.6 Å². The van der Waals surface area contributed by atoms with E-state index in [0.717, 1.165) is 12.1 Å². The first-order valence-electron chi connectivity index (χ1n) is 6.46. The molecule has 0 heterocycles. The molecule has 0 spiro atoms. The van der Waals surface area contributed by atoms with Crippen LogP contribution >= 0.6 is 0 Å². The molecule has 0 aromatic heterocycles. The Balaban J connectivity index is 2.53. The Hall–Kier alpha value is -1.76. The minimum absolute atomic E-state index is 0.0545. The summed E-state index contributed by atoms with van der Waals surface area (Å²) in [6.45, 7) is 2.26. The Labute approximate surface area is 120 Å². The SMILES string of the molecule is CCOC(CCC(=O)O)COc1ccc(C(F)(F)F)cc1. The molecule has 1 unspecified atom stereocenters. The predicted molar refractivity (Wildman–Crippen MR) is 69.2 cm³/mol. The Morgan fingerprint density at radius 1 is 1.29 bits per heavy atom. The highest BCUT2D eigenvalue weighted by Gasteiger charge is 2.30. The zero-order valence-corrected chi connectivity index (χ0v) is 11.5. The highest BCUT2D eigenvalue weighted by atomic mass is 19.4. The van der Waals surface area contributed by atoms with E-state index < -0.39 is 23.8 Å². The van der Waals surface area contributed by atoms with Gasteiger partial charge in [-0.1, -0.05) is 0 Å². The fourth-order valence-electron chi connectivity index (χ4n) is 1.66. The second-order valence-corrected chi connectivity index (χ2v) is 4.34. The number of carboxylic acid groups (broad SMARTS) is 1. The third-order valence-electron chi connectivity index (χ3n) is 2.70. The van der Waals surface area contributed by atoms with Gasteiger partial charge in [-0.15, -0.1) is 0 Å². The van der Waals surface area contributed by atoms with E-state index in [1.807, 2.05) is 0 Å². The normalized spacial score (nSPS) is 13.0. The molecule has 7 heteroatoms. The lowest BCUT2D eigenvalue weighted by Crippen LogP contribution is -2.23. The van der Waals surface area contributed by atoms with E-state index >= 15 is 0 Å². The second-order valence-electron chi connectivity index (χ2n) is 4.34. The van der Waals surface area contributed by atoms with Gasteiger partial charge in [0.05, 0.1) is 11.7 Å². The van der Waals surface area contributed by atoms with Crippen LogP contribution in [0.4, 0.5) is 13.2 Å². The minimum atomic E-state index is -4.38. The van der Waals surface area contributed by atoms with E-state index in [9.17, 15) is 18.0 Å². The van der Waals surface area contributed by atoms with Crippen LogP contribution in [0.3, 0.4) is 0 Å². The Kier molecular flexibility index (Phi) is 6.48. The van der Waals surface area contributed by atoms with Crippen molar-refractivity contribution in [3.63, 3.8) is 0 Å². The smallest absolute Gasteiger partial charge is 0.416 e. The van der Waals surface area contributed by atoms with Crippen molar-refractivity contribution in [3.8, 4) is 5.75 Å². The molecule has 1 atom stereocenters. The van der Waals surface area contributed by atoms with Crippen molar-refractivity contribution in [1.29, 1.82) is 0 Å². The number of hydrogen-bond donors (Lipinski definition) is 1. The fourth-order valence-corrected chi connectivity index (χ4v) is 1.66. The summed E-state index contributed by atoms with van der Waals surface area (Å²) in [5, 5.41) is 8.62. The molecule has 0 amide bonds. The molecule has 0 saturated heterocycles. The maximum absolute atomic E-state index is 12.4. The first kappa shape index (κ1) is 17.3. The molecule has 1 aromatic rings. The third kappa shape index (κ3) is 6.48. The van der Waals surface area contributed by atoms with Crippen LogP contribution in [0.1, 0.15) is 25.3 Å². The molecule has 1 aromatic carbocycles. The van der Waals surface area contributed by atoms with Crippen molar-refractivity contribution in [2.75, 3.05) is 13.2 Å². The van der Waals surface area contributed by atoms with E-state index in [-0.39, 0.29) is 25.2 Å².